The fourth-order valence-electron chi connectivity index (χ4n) is 1.08. The molecular formula is C6H14O6. The molecule has 1 fully saturated rings. The third-order valence-corrected chi connectivity index (χ3v) is 1.73. The second-order valence-electron chi connectivity index (χ2n) is 2.61. The van der Waals surface area contributed by atoms with Crippen molar-refractivity contribution in [3.63, 3.8) is 0 Å². The summed E-state index contributed by atoms with van der Waals surface area (Å²) in [6.45, 7) is -0.407. The first-order valence-corrected chi connectivity index (χ1v) is 3.45. The van der Waals surface area contributed by atoms with Crippen LogP contribution >= 0.6 is 0 Å². The van der Waals surface area contributed by atoms with Gasteiger partial charge in [-0.2, -0.15) is 0 Å². The molecule has 74 valence electrons. The molecule has 0 spiro atoms. The van der Waals surface area contributed by atoms with Crippen LogP contribution in [-0.4, -0.2) is 57.1 Å². The van der Waals surface area contributed by atoms with Crippen molar-refractivity contribution in [2.75, 3.05) is 6.61 Å². The summed E-state index contributed by atoms with van der Waals surface area (Å²) in [6.07, 6.45) is -4.11. The summed E-state index contributed by atoms with van der Waals surface area (Å²) in [4.78, 5) is 0. The molecule has 1 aliphatic rings. The summed E-state index contributed by atoms with van der Waals surface area (Å²) >= 11 is 0. The molecule has 0 aromatic carbocycles. The number of hydrogen-bond donors (Lipinski definition) is 4. The molecule has 1 rings (SSSR count). The Bertz CT molecular complexity index is 129. The minimum absolute atomic E-state index is 0. The van der Waals surface area contributed by atoms with Crippen LogP contribution in [0.2, 0.25) is 0 Å². The smallest absolute Gasteiger partial charge is 0.157 e. The van der Waals surface area contributed by atoms with E-state index in [1.165, 1.54) is 0 Å². The Labute approximate surface area is 69.3 Å². The van der Waals surface area contributed by atoms with Crippen molar-refractivity contribution in [2.45, 2.75) is 31.0 Å². The molecule has 1 unspecified atom stereocenters. The zero-order valence-electron chi connectivity index (χ0n) is 6.42. The average Bonchev–Trinajstić information content (AvgIpc) is 1.96. The molecule has 1 heterocycles. The fourth-order valence-corrected chi connectivity index (χ4v) is 1.08. The van der Waals surface area contributed by atoms with Gasteiger partial charge in [-0.3, -0.25) is 0 Å². The Hall–Kier alpha value is -0.240. The number of ether oxygens (including phenoxy) is 1. The molecule has 6 nitrogen and oxygen atoms in total. The van der Waals surface area contributed by atoms with Gasteiger partial charge in [0.15, 0.2) is 6.29 Å². The van der Waals surface area contributed by atoms with Crippen LogP contribution in [0, 0.1) is 0 Å². The van der Waals surface area contributed by atoms with Gasteiger partial charge in [0.05, 0.1) is 12.7 Å². The maximum absolute atomic E-state index is 9.11. The zero-order valence-corrected chi connectivity index (χ0v) is 6.42. The van der Waals surface area contributed by atoms with E-state index in [2.05, 4.69) is 0 Å². The molecule has 0 saturated carbocycles. The molecule has 0 aromatic rings. The molecule has 4 atom stereocenters. The van der Waals surface area contributed by atoms with Crippen molar-refractivity contribution in [3.8, 4) is 0 Å². The second-order valence-corrected chi connectivity index (χ2v) is 2.61. The minimum Gasteiger partial charge on any atom is -0.412 e. The lowest BCUT2D eigenvalue weighted by Crippen LogP contribution is -2.49. The monoisotopic (exact) mass is 182 g/mol. The van der Waals surface area contributed by atoms with Gasteiger partial charge in [-0.05, 0) is 0 Å². The van der Waals surface area contributed by atoms with E-state index >= 15 is 0 Å². The summed E-state index contributed by atoms with van der Waals surface area (Å²) in [5.74, 6) is 0. The molecule has 0 aromatic heterocycles. The van der Waals surface area contributed by atoms with Gasteiger partial charge in [-0.25, -0.2) is 0 Å². The molecule has 12 heavy (non-hydrogen) atoms. The lowest BCUT2D eigenvalue weighted by molar-refractivity contribution is -0.239. The van der Waals surface area contributed by atoms with Gasteiger partial charge in [-0.15, -0.1) is 0 Å². The highest BCUT2D eigenvalue weighted by Crippen LogP contribution is 2.18. The van der Waals surface area contributed by atoms with Crippen LogP contribution in [0.5, 0.6) is 0 Å². The number of rotatable bonds is 1. The molecule has 0 radical (unpaired) electrons. The first-order chi connectivity index (χ1) is 5.15. The molecule has 1 aliphatic heterocycles. The van der Waals surface area contributed by atoms with E-state index in [1.807, 2.05) is 0 Å². The van der Waals surface area contributed by atoms with Crippen molar-refractivity contribution in [1.29, 1.82) is 0 Å². The van der Waals surface area contributed by atoms with Gasteiger partial charge in [-0.1, -0.05) is 0 Å². The maximum Gasteiger partial charge on any atom is 0.157 e. The second kappa shape index (κ2) is 4.70. The van der Waals surface area contributed by atoms with Crippen molar-refractivity contribution < 1.29 is 30.6 Å². The van der Waals surface area contributed by atoms with Crippen molar-refractivity contribution in [3.05, 3.63) is 0 Å². The van der Waals surface area contributed by atoms with Crippen LogP contribution in [0.4, 0.5) is 0 Å². The van der Waals surface area contributed by atoms with Crippen LogP contribution < -0.4 is 0 Å². The summed E-state index contributed by atoms with van der Waals surface area (Å²) < 4.78 is 4.71. The highest BCUT2D eigenvalue weighted by molar-refractivity contribution is 4.81. The van der Waals surface area contributed by atoms with Crippen LogP contribution in [0.1, 0.15) is 6.42 Å². The third kappa shape index (κ3) is 2.37. The van der Waals surface area contributed by atoms with Crippen LogP contribution in [0.3, 0.4) is 0 Å². The van der Waals surface area contributed by atoms with Gasteiger partial charge in [0.2, 0.25) is 0 Å². The molecule has 1 saturated heterocycles. The highest BCUT2D eigenvalue weighted by Gasteiger charge is 2.35. The Balaban J connectivity index is 0.00000121. The van der Waals surface area contributed by atoms with E-state index < -0.39 is 31.2 Å². The lowest BCUT2D eigenvalue weighted by Gasteiger charge is -2.33. The summed E-state index contributed by atoms with van der Waals surface area (Å²) in [5, 5.41) is 35.6. The lowest BCUT2D eigenvalue weighted by atomic mass is 10.0. The van der Waals surface area contributed by atoms with Gasteiger partial charge < -0.3 is 30.6 Å². The summed E-state index contributed by atoms with van der Waals surface area (Å²) in [6, 6.07) is 0. The van der Waals surface area contributed by atoms with Gasteiger partial charge in [0.1, 0.15) is 12.2 Å². The predicted octanol–water partition coefficient (Wildman–Crippen LogP) is -3.02. The van der Waals surface area contributed by atoms with E-state index in [0.717, 1.165) is 0 Å². The van der Waals surface area contributed by atoms with Crippen molar-refractivity contribution >= 4 is 0 Å². The highest BCUT2D eigenvalue weighted by atomic mass is 16.6. The Kier molecular flexibility index (Phi) is 4.61. The van der Waals surface area contributed by atoms with Crippen molar-refractivity contribution in [2.24, 2.45) is 0 Å². The molecule has 0 bridgehead atoms. The van der Waals surface area contributed by atoms with Crippen LogP contribution in [-0.2, 0) is 4.74 Å². The summed E-state index contributed by atoms with van der Waals surface area (Å²) in [5.41, 5.74) is 0. The zero-order chi connectivity index (χ0) is 8.43. The predicted molar refractivity (Wildman–Crippen MR) is 38.2 cm³/mol. The number of aliphatic hydroxyl groups excluding tert-OH is 4. The molecule has 0 amide bonds. The third-order valence-electron chi connectivity index (χ3n) is 1.73. The van der Waals surface area contributed by atoms with E-state index in [1.54, 1.807) is 0 Å². The van der Waals surface area contributed by atoms with Gasteiger partial charge in [0, 0.05) is 6.42 Å². The van der Waals surface area contributed by atoms with E-state index in [-0.39, 0.29) is 11.9 Å². The first kappa shape index (κ1) is 11.8. The van der Waals surface area contributed by atoms with Crippen molar-refractivity contribution in [1.82, 2.24) is 0 Å². The van der Waals surface area contributed by atoms with Gasteiger partial charge in [0.25, 0.3) is 0 Å². The SMILES string of the molecule is O.OC[C@H]1OC(O)C[C@@H](O)[C@@H]1O. The summed E-state index contributed by atoms with van der Waals surface area (Å²) in [7, 11) is 0. The maximum atomic E-state index is 9.11. The Morgan fingerprint density at radius 1 is 1.25 bits per heavy atom. The largest absolute Gasteiger partial charge is 0.412 e. The quantitative estimate of drug-likeness (QED) is 0.344. The topological polar surface area (TPSA) is 122 Å². The average molecular weight is 182 g/mol. The standard InChI is InChI=1S/C6H12O5.H2O/c7-2-4-6(10)3(8)1-5(9)11-4;/h3-10H,1-2H2;1H2/t3-,4-,5?,6+;/m1./s1. The van der Waals surface area contributed by atoms with Gasteiger partial charge >= 0.3 is 0 Å². The van der Waals surface area contributed by atoms with E-state index in [0.29, 0.717) is 0 Å². The van der Waals surface area contributed by atoms with E-state index in [9.17, 15) is 0 Å². The Morgan fingerprint density at radius 3 is 2.33 bits per heavy atom. The van der Waals surface area contributed by atoms with Crippen LogP contribution in [0.25, 0.3) is 0 Å². The molecule has 0 aliphatic carbocycles. The minimum atomic E-state index is -1.11. The Morgan fingerprint density at radius 2 is 1.83 bits per heavy atom. The fraction of sp³-hybridized carbons (Fsp3) is 1.00. The van der Waals surface area contributed by atoms with Crippen LogP contribution in [0.15, 0.2) is 0 Å². The molecule has 6 N–H and O–H groups in total. The number of hydrogen-bond acceptors (Lipinski definition) is 5. The molecule has 6 heteroatoms. The van der Waals surface area contributed by atoms with E-state index in [4.69, 9.17) is 25.2 Å². The normalized spacial score (nSPS) is 42.0. The first-order valence-electron chi connectivity index (χ1n) is 3.45. The molecular weight excluding hydrogens is 168 g/mol. The number of aliphatic hydroxyl groups is 4.